The third-order valence-electron chi connectivity index (χ3n) is 1.56. The van der Waals surface area contributed by atoms with Crippen LogP contribution in [0.25, 0.3) is 0 Å². The Bertz CT molecular complexity index is 333. The van der Waals surface area contributed by atoms with Gasteiger partial charge in [0.2, 0.25) is 0 Å². The molecule has 0 atom stereocenters. The first-order valence-corrected chi connectivity index (χ1v) is 4.50. The van der Waals surface area contributed by atoms with Gasteiger partial charge in [0.1, 0.15) is 5.69 Å². The average Bonchev–Trinajstić information content (AvgIpc) is 2.53. The third kappa shape index (κ3) is 1.78. The molecule has 13 heavy (non-hydrogen) atoms. The molecule has 1 aromatic heterocycles. The van der Waals surface area contributed by atoms with Crippen LogP contribution in [0.5, 0.6) is 0 Å². The smallest absolute Gasteiger partial charge is 0.189 e. The Balaban J connectivity index is 2.22. The number of aromatic nitrogens is 1. The Kier molecular flexibility index (Phi) is 2.15. The Hall–Kier alpha value is -1.14. The van der Waals surface area contributed by atoms with E-state index in [1.165, 1.54) is 0 Å². The van der Waals surface area contributed by atoms with E-state index in [1.807, 2.05) is 19.2 Å². The number of rotatable bonds is 1. The number of halogens is 1. The van der Waals surface area contributed by atoms with Crippen molar-refractivity contribution in [2.75, 3.05) is 7.05 Å². The summed E-state index contributed by atoms with van der Waals surface area (Å²) in [7, 11) is 1.83. The molecule has 0 amide bonds. The fourth-order valence-corrected chi connectivity index (χ4v) is 1.20. The number of hydrogen-bond acceptors (Lipinski definition) is 5. The van der Waals surface area contributed by atoms with E-state index >= 15 is 0 Å². The molecule has 0 radical (unpaired) electrons. The van der Waals surface area contributed by atoms with Gasteiger partial charge in [-0.3, -0.25) is 10.4 Å². The number of pyridine rings is 1. The SMILES string of the molecule is CN1NN=C(c2ccc(Br)cn2)N1. The van der Waals surface area contributed by atoms with Crippen LogP contribution >= 0.6 is 15.9 Å². The highest BCUT2D eigenvalue weighted by molar-refractivity contribution is 9.10. The summed E-state index contributed by atoms with van der Waals surface area (Å²) in [5, 5.41) is 5.67. The van der Waals surface area contributed by atoms with Crippen molar-refractivity contribution in [3.63, 3.8) is 0 Å². The van der Waals surface area contributed by atoms with E-state index in [2.05, 4.69) is 37.0 Å². The molecule has 0 spiro atoms. The zero-order chi connectivity index (χ0) is 9.26. The highest BCUT2D eigenvalue weighted by Crippen LogP contribution is 2.08. The van der Waals surface area contributed by atoms with Gasteiger partial charge in [-0.05, 0) is 28.1 Å². The molecule has 0 aromatic carbocycles. The molecular formula is C7H8BrN5. The largest absolute Gasteiger partial charge is 0.281 e. The molecule has 2 heterocycles. The summed E-state index contributed by atoms with van der Waals surface area (Å²) >= 11 is 3.32. The normalized spacial score (nSPS) is 16.3. The maximum absolute atomic E-state index is 4.19. The standard InChI is InChI=1S/C7H8BrN5/c1-13-11-7(10-12-13)6-3-2-5(8)4-9-6/h2-4,12H,1H3,(H,10,11). The Labute approximate surface area is 83.9 Å². The maximum Gasteiger partial charge on any atom is 0.189 e. The van der Waals surface area contributed by atoms with Gasteiger partial charge in [-0.15, -0.1) is 10.2 Å². The lowest BCUT2D eigenvalue weighted by molar-refractivity contribution is 0.231. The number of hydrazine groups is 2. The van der Waals surface area contributed by atoms with Crippen molar-refractivity contribution < 1.29 is 0 Å². The Morgan fingerprint density at radius 3 is 2.85 bits per heavy atom. The van der Waals surface area contributed by atoms with Crippen LogP contribution in [-0.2, 0) is 0 Å². The van der Waals surface area contributed by atoms with E-state index in [1.54, 1.807) is 11.3 Å². The monoisotopic (exact) mass is 241 g/mol. The van der Waals surface area contributed by atoms with Crippen LogP contribution in [0.15, 0.2) is 27.9 Å². The summed E-state index contributed by atoms with van der Waals surface area (Å²) in [6, 6.07) is 3.81. The van der Waals surface area contributed by atoms with Gasteiger partial charge in [0.05, 0.1) is 0 Å². The minimum absolute atomic E-state index is 0.718. The number of nitrogens with zero attached hydrogens (tertiary/aromatic N) is 3. The van der Waals surface area contributed by atoms with Crippen molar-refractivity contribution in [3.05, 3.63) is 28.5 Å². The summed E-state index contributed by atoms with van der Waals surface area (Å²) in [5.41, 5.74) is 6.53. The van der Waals surface area contributed by atoms with Crippen LogP contribution < -0.4 is 11.0 Å². The van der Waals surface area contributed by atoms with Gasteiger partial charge in [0.25, 0.3) is 0 Å². The average molecular weight is 242 g/mol. The second-order valence-corrected chi connectivity index (χ2v) is 3.51. The Morgan fingerprint density at radius 2 is 2.31 bits per heavy atom. The molecule has 0 saturated carbocycles. The third-order valence-corrected chi connectivity index (χ3v) is 2.02. The number of hydrazone groups is 1. The molecule has 1 aromatic rings. The summed E-state index contributed by atoms with van der Waals surface area (Å²) in [5.74, 6) is 0.718. The highest BCUT2D eigenvalue weighted by Gasteiger charge is 2.12. The van der Waals surface area contributed by atoms with E-state index in [4.69, 9.17) is 0 Å². The van der Waals surface area contributed by atoms with Crippen molar-refractivity contribution in [3.8, 4) is 0 Å². The lowest BCUT2D eigenvalue weighted by Gasteiger charge is -2.07. The maximum atomic E-state index is 4.19. The molecule has 0 bridgehead atoms. The fraction of sp³-hybridized carbons (Fsp3) is 0.143. The predicted octanol–water partition coefficient (Wildman–Crippen LogP) is 0.460. The highest BCUT2D eigenvalue weighted by atomic mass is 79.9. The predicted molar refractivity (Wildman–Crippen MR) is 52.5 cm³/mol. The molecular weight excluding hydrogens is 234 g/mol. The lowest BCUT2D eigenvalue weighted by atomic mass is 10.3. The minimum Gasteiger partial charge on any atom is -0.281 e. The van der Waals surface area contributed by atoms with Gasteiger partial charge < -0.3 is 0 Å². The van der Waals surface area contributed by atoms with Crippen molar-refractivity contribution in [1.82, 2.24) is 21.1 Å². The lowest BCUT2D eigenvalue weighted by Crippen LogP contribution is -2.37. The van der Waals surface area contributed by atoms with Gasteiger partial charge in [0, 0.05) is 17.7 Å². The minimum atomic E-state index is 0.718. The van der Waals surface area contributed by atoms with Gasteiger partial charge in [-0.1, -0.05) is 0 Å². The van der Waals surface area contributed by atoms with Crippen LogP contribution in [0.4, 0.5) is 0 Å². The van der Waals surface area contributed by atoms with Crippen LogP contribution in [0.1, 0.15) is 5.69 Å². The van der Waals surface area contributed by atoms with E-state index in [-0.39, 0.29) is 0 Å². The summed E-state index contributed by atoms with van der Waals surface area (Å²) in [6.07, 6.45) is 1.73. The van der Waals surface area contributed by atoms with E-state index in [0.29, 0.717) is 0 Å². The summed E-state index contributed by atoms with van der Waals surface area (Å²) in [6.45, 7) is 0. The molecule has 68 valence electrons. The van der Waals surface area contributed by atoms with Gasteiger partial charge in [-0.2, -0.15) is 0 Å². The molecule has 1 aliphatic heterocycles. The molecule has 0 unspecified atom stereocenters. The zero-order valence-electron chi connectivity index (χ0n) is 6.95. The van der Waals surface area contributed by atoms with Crippen molar-refractivity contribution >= 4 is 21.8 Å². The van der Waals surface area contributed by atoms with E-state index in [0.717, 1.165) is 16.0 Å². The van der Waals surface area contributed by atoms with Crippen molar-refractivity contribution in [1.29, 1.82) is 0 Å². The molecule has 6 heteroatoms. The van der Waals surface area contributed by atoms with Gasteiger partial charge in [0.15, 0.2) is 5.84 Å². The number of nitrogens with one attached hydrogen (secondary N) is 2. The number of amidine groups is 1. The topological polar surface area (TPSA) is 52.5 Å². The van der Waals surface area contributed by atoms with Crippen LogP contribution in [0.3, 0.4) is 0 Å². The number of hydrogen-bond donors (Lipinski definition) is 2. The first-order valence-electron chi connectivity index (χ1n) is 3.71. The molecule has 0 saturated heterocycles. The first-order chi connectivity index (χ1) is 6.25. The van der Waals surface area contributed by atoms with Gasteiger partial charge in [-0.25, -0.2) is 5.53 Å². The summed E-state index contributed by atoms with van der Waals surface area (Å²) in [4.78, 5) is 4.19. The molecule has 0 aliphatic carbocycles. The zero-order valence-corrected chi connectivity index (χ0v) is 8.54. The molecule has 5 nitrogen and oxygen atoms in total. The first kappa shape index (κ1) is 8.46. The quantitative estimate of drug-likeness (QED) is 0.751. The van der Waals surface area contributed by atoms with Crippen molar-refractivity contribution in [2.24, 2.45) is 5.10 Å². The van der Waals surface area contributed by atoms with E-state index in [9.17, 15) is 0 Å². The van der Waals surface area contributed by atoms with Crippen LogP contribution in [0.2, 0.25) is 0 Å². The molecule has 2 rings (SSSR count). The second kappa shape index (κ2) is 3.31. The van der Waals surface area contributed by atoms with Crippen LogP contribution in [-0.4, -0.2) is 23.0 Å². The fourth-order valence-electron chi connectivity index (χ4n) is 0.964. The molecule has 1 aliphatic rings. The van der Waals surface area contributed by atoms with E-state index < -0.39 is 0 Å². The van der Waals surface area contributed by atoms with Gasteiger partial charge >= 0.3 is 0 Å². The van der Waals surface area contributed by atoms with Crippen molar-refractivity contribution in [2.45, 2.75) is 0 Å². The molecule has 2 N–H and O–H groups in total. The second-order valence-electron chi connectivity index (χ2n) is 2.59. The molecule has 0 fully saturated rings. The Morgan fingerprint density at radius 1 is 1.46 bits per heavy atom. The summed E-state index contributed by atoms with van der Waals surface area (Å²) < 4.78 is 0.955. The van der Waals surface area contributed by atoms with Crippen LogP contribution in [0, 0.1) is 0 Å².